The van der Waals surface area contributed by atoms with Crippen molar-refractivity contribution < 1.29 is 4.52 Å². The lowest BCUT2D eigenvalue weighted by Crippen LogP contribution is -2.43. The molecule has 1 heterocycles. The molecule has 1 aromatic carbocycles. The Morgan fingerprint density at radius 1 is 1.22 bits per heavy atom. The molecule has 1 aromatic heterocycles. The van der Waals surface area contributed by atoms with Crippen LogP contribution in [0.2, 0.25) is 10.0 Å². The van der Waals surface area contributed by atoms with Crippen molar-refractivity contribution in [3.63, 3.8) is 0 Å². The average molecular weight is 284 g/mol. The first-order chi connectivity index (χ1) is 8.58. The van der Waals surface area contributed by atoms with Gasteiger partial charge in [0.2, 0.25) is 11.7 Å². The summed E-state index contributed by atoms with van der Waals surface area (Å²) in [5, 5.41) is 4.90. The highest BCUT2D eigenvalue weighted by atomic mass is 35.5. The van der Waals surface area contributed by atoms with E-state index in [1.54, 1.807) is 18.2 Å². The minimum atomic E-state index is -0.443. The monoisotopic (exact) mass is 283 g/mol. The zero-order chi connectivity index (χ0) is 12.8. The Bertz CT molecular complexity index is 593. The van der Waals surface area contributed by atoms with Crippen molar-refractivity contribution in [1.29, 1.82) is 0 Å². The van der Waals surface area contributed by atoms with Crippen molar-refractivity contribution in [2.45, 2.75) is 24.8 Å². The van der Waals surface area contributed by atoms with Gasteiger partial charge in [0.15, 0.2) is 0 Å². The van der Waals surface area contributed by atoms with Gasteiger partial charge in [0.05, 0.1) is 15.6 Å². The van der Waals surface area contributed by atoms with Gasteiger partial charge in [-0.3, -0.25) is 0 Å². The van der Waals surface area contributed by atoms with Crippen LogP contribution >= 0.6 is 23.2 Å². The van der Waals surface area contributed by atoms with Crippen molar-refractivity contribution in [2.75, 3.05) is 0 Å². The molecule has 18 heavy (non-hydrogen) atoms. The van der Waals surface area contributed by atoms with Crippen molar-refractivity contribution in [2.24, 2.45) is 5.73 Å². The van der Waals surface area contributed by atoms with Crippen LogP contribution in [0.4, 0.5) is 0 Å². The standard InChI is InChI=1S/C12H11Cl2N3O/c13-8-3-2-7(6-9(8)14)10-16-11(18-17-10)12(15)4-1-5-12/h2-3,6H,1,4-5,15H2. The van der Waals surface area contributed by atoms with Crippen molar-refractivity contribution in [3.8, 4) is 11.4 Å². The van der Waals surface area contributed by atoms with Crippen LogP contribution in [0.15, 0.2) is 22.7 Å². The third-order valence-electron chi connectivity index (χ3n) is 3.28. The van der Waals surface area contributed by atoms with E-state index >= 15 is 0 Å². The maximum Gasteiger partial charge on any atom is 0.247 e. The minimum Gasteiger partial charge on any atom is -0.337 e. The molecule has 2 aromatic rings. The summed E-state index contributed by atoms with van der Waals surface area (Å²) in [7, 11) is 0. The zero-order valence-corrected chi connectivity index (χ0v) is 11.0. The van der Waals surface area contributed by atoms with E-state index in [1.807, 2.05) is 0 Å². The molecule has 0 amide bonds. The van der Waals surface area contributed by atoms with Gasteiger partial charge in [-0.2, -0.15) is 4.98 Å². The van der Waals surface area contributed by atoms with Crippen molar-refractivity contribution in [3.05, 3.63) is 34.1 Å². The number of halogens is 2. The number of nitrogens with zero attached hydrogens (tertiary/aromatic N) is 2. The number of aromatic nitrogens is 2. The second-order valence-electron chi connectivity index (χ2n) is 4.56. The normalized spacial score (nSPS) is 17.5. The van der Waals surface area contributed by atoms with Crippen LogP contribution in [-0.2, 0) is 5.54 Å². The summed E-state index contributed by atoms with van der Waals surface area (Å²) < 4.78 is 5.23. The predicted molar refractivity (Wildman–Crippen MR) is 69.5 cm³/mol. The molecule has 3 rings (SSSR count). The summed E-state index contributed by atoms with van der Waals surface area (Å²) in [6, 6.07) is 5.21. The molecular formula is C12H11Cl2N3O. The molecule has 1 fully saturated rings. The van der Waals surface area contributed by atoms with Crippen LogP contribution in [0.3, 0.4) is 0 Å². The van der Waals surface area contributed by atoms with E-state index in [-0.39, 0.29) is 0 Å². The molecule has 1 saturated carbocycles. The summed E-state index contributed by atoms with van der Waals surface area (Å²) in [6.45, 7) is 0. The molecule has 6 heteroatoms. The van der Waals surface area contributed by atoms with E-state index in [0.717, 1.165) is 24.8 Å². The van der Waals surface area contributed by atoms with Crippen LogP contribution in [0.25, 0.3) is 11.4 Å². The molecule has 94 valence electrons. The summed E-state index contributed by atoms with van der Waals surface area (Å²) in [4.78, 5) is 4.34. The Hall–Kier alpha value is -1.10. The van der Waals surface area contributed by atoms with E-state index in [1.165, 1.54) is 0 Å². The Morgan fingerprint density at radius 3 is 2.61 bits per heavy atom. The predicted octanol–water partition coefficient (Wildman–Crippen LogP) is 3.38. The summed E-state index contributed by atoms with van der Waals surface area (Å²) in [5.74, 6) is 0.982. The molecule has 0 atom stereocenters. The lowest BCUT2D eigenvalue weighted by Gasteiger charge is -2.33. The summed E-state index contributed by atoms with van der Waals surface area (Å²) in [5.41, 5.74) is 6.45. The van der Waals surface area contributed by atoms with E-state index in [9.17, 15) is 0 Å². The van der Waals surface area contributed by atoms with E-state index in [2.05, 4.69) is 10.1 Å². The van der Waals surface area contributed by atoms with Gasteiger partial charge in [0.1, 0.15) is 0 Å². The Kier molecular flexibility index (Phi) is 2.81. The molecule has 1 aliphatic rings. The summed E-state index contributed by atoms with van der Waals surface area (Å²) in [6.07, 6.45) is 2.87. The van der Waals surface area contributed by atoms with Gasteiger partial charge < -0.3 is 10.3 Å². The van der Waals surface area contributed by atoms with Gasteiger partial charge in [-0.05, 0) is 37.5 Å². The number of hydrogen-bond donors (Lipinski definition) is 1. The molecule has 1 aliphatic carbocycles. The molecule has 0 spiro atoms. The molecule has 4 nitrogen and oxygen atoms in total. The minimum absolute atomic E-state index is 0.443. The third-order valence-corrected chi connectivity index (χ3v) is 4.01. The molecule has 0 saturated heterocycles. The molecule has 0 bridgehead atoms. The highest BCUT2D eigenvalue weighted by Crippen LogP contribution is 2.38. The Labute approximate surface area is 114 Å². The van der Waals surface area contributed by atoms with Crippen LogP contribution in [-0.4, -0.2) is 10.1 Å². The van der Waals surface area contributed by atoms with E-state index in [4.69, 9.17) is 33.5 Å². The Morgan fingerprint density at radius 2 is 2.00 bits per heavy atom. The van der Waals surface area contributed by atoms with E-state index < -0.39 is 5.54 Å². The molecule has 0 unspecified atom stereocenters. The lowest BCUT2D eigenvalue weighted by atomic mass is 9.78. The first kappa shape index (κ1) is 12.0. The zero-order valence-electron chi connectivity index (χ0n) is 9.49. The number of rotatable bonds is 2. The molecule has 0 radical (unpaired) electrons. The number of hydrogen-bond acceptors (Lipinski definition) is 4. The SMILES string of the molecule is NC1(c2nc(-c3ccc(Cl)c(Cl)c3)no2)CCC1. The highest BCUT2D eigenvalue weighted by molar-refractivity contribution is 6.42. The summed E-state index contributed by atoms with van der Waals surface area (Å²) >= 11 is 11.8. The van der Waals surface area contributed by atoms with Gasteiger partial charge in [-0.15, -0.1) is 0 Å². The molecular weight excluding hydrogens is 273 g/mol. The third kappa shape index (κ3) is 1.90. The lowest BCUT2D eigenvalue weighted by molar-refractivity contribution is 0.181. The largest absolute Gasteiger partial charge is 0.337 e. The van der Waals surface area contributed by atoms with Crippen LogP contribution < -0.4 is 5.73 Å². The van der Waals surface area contributed by atoms with Crippen LogP contribution in [0.1, 0.15) is 25.2 Å². The topological polar surface area (TPSA) is 64.9 Å². The van der Waals surface area contributed by atoms with Crippen molar-refractivity contribution >= 4 is 23.2 Å². The fraction of sp³-hybridized carbons (Fsp3) is 0.333. The van der Waals surface area contributed by atoms with E-state index in [0.29, 0.717) is 21.8 Å². The van der Waals surface area contributed by atoms with Crippen LogP contribution in [0, 0.1) is 0 Å². The molecule has 0 aliphatic heterocycles. The smallest absolute Gasteiger partial charge is 0.247 e. The average Bonchev–Trinajstić information content (AvgIpc) is 2.79. The highest BCUT2D eigenvalue weighted by Gasteiger charge is 2.39. The number of nitrogens with two attached hydrogens (primary N) is 1. The van der Waals surface area contributed by atoms with Gasteiger partial charge in [0.25, 0.3) is 0 Å². The quantitative estimate of drug-likeness (QED) is 0.918. The second-order valence-corrected chi connectivity index (χ2v) is 5.38. The second kappa shape index (κ2) is 4.23. The number of benzene rings is 1. The van der Waals surface area contributed by atoms with Gasteiger partial charge in [0, 0.05) is 5.56 Å². The maximum absolute atomic E-state index is 6.13. The van der Waals surface area contributed by atoms with Crippen LogP contribution in [0.5, 0.6) is 0 Å². The first-order valence-corrected chi connectivity index (χ1v) is 6.43. The maximum atomic E-state index is 6.13. The first-order valence-electron chi connectivity index (χ1n) is 5.67. The van der Waals surface area contributed by atoms with Gasteiger partial charge in [-0.1, -0.05) is 28.4 Å². The van der Waals surface area contributed by atoms with Crippen molar-refractivity contribution in [1.82, 2.24) is 10.1 Å². The van der Waals surface area contributed by atoms with Gasteiger partial charge in [-0.25, -0.2) is 0 Å². The fourth-order valence-corrected chi connectivity index (χ4v) is 2.25. The Balaban J connectivity index is 1.95. The molecule has 2 N–H and O–H groups in total. The fourth-order valence-electron chi connectivity index (χ4n) is 1.95. The van der Waals surface area contributed by atoms with Gasteiger partial charge >= 0.3 is 0 Å².